The van der Waals surface area contributed by atoms with Crippen LogP contribution in [-0.2, 0) is 19.1 Å². The fourth-order valence-electron chi connectivity index (χ4n) is 5.94. The van der Waals surface area contributed by atoms with E-state index in [9.17, 15) is 14.4 Å². The number of methoxy groups -OCH3 is 1. The summed E-state index contributed by atoms with van der Waals surface area (Å²) in [6.45, 7) is 3.17. The first kappa shape index (κ1) is 27.0. The predicted molar refractivity (Wildman–Crippen MR) is 147 cm³/mol. The van der Waals surface area contributed by atoms with Gasteiger partial charge in [-0.2, -0.15) is 0 Å². The van der Waals surface area contributed by atoms with Gasteiger partial charge in [-0.3, -0.25) is 9.59 Å². The second kappa shape index (κ2) is 11.3. The zero-order valence-corrected chi connectivity index (χ0v) is 23.1. The number of rotatable bonds is 6. The van der Waals surface area contributed by atoms with Crippen molar-refractivity contribution in [3.05, 3.63) is 81.2 Å². The van der Waals surface area contributed by atoms with Gasteiger partial charge in [0.1, 0.15) is 6.10 Å². The summed E-state index contributed by atoms with van der Waals surface area (Å²) in [6, 6.07) is 12.7. The zero-order chi connectivity index (χ0) is 27.7. The van der Waals surface area contributed by atoms with Crippen LogP contribution in [0.15, 0.2) is 65.0 Å². The van der Waals surface area contributed by atoms with E-state index < -0.39 is 17.9 Å². The van der Waals surface area contributed by atoms with Gasteiger partial charge in [0, 0.05) is 41.3 Å². The van der Waals surface area contributed by atoms with Crippen LogP contribution < -0.4 is 14.8 Å². The first-order valence-electron chi connectivity index (χ1n) is 13.3. The number of carbonyl (C=O) groups is 3. The van der Waals surface area contributed by atoms with Gasteiger partial charge in [0.15, 0.2) is 17.3 Å². The SMILES string of the molecule is COc1cc(C2C(C(=O)OC3CCCC3)=C(C)NC3=C2C(=O)CC(c2ccc(Cl)cc2)C3)ccc1OC(C)=O. The average molecular weight is 550 g/mol. The van der Waals surface area contributed by atoms with E-state index in [4.69, 9.17) is 25.8 Å². The van der Waals surface area contributed by atoms with Crippen molar-refractivity contribution in [2.45, 2.75) is 70.3 Å². The molecule has 0 radical (unpaired) electrons. The summed E-state index contributed by atoms with van der Waals surface area (Å²) in [5.41, 5.74) is 4.17. The van der Waals surface area contributed by atoms with Gasteiger partial charge in [-0.15, -0.1) is 0 Å². The third-order valence-electron chi connectivity index (χ3n) is 7.74. The normalized spacial score (nSPS) is 21.4. The van der Waals surface area contributed by atoms with Crippen LogP contribution in [0, 0.1) is 0 Å². The minimum atomic E-state index is -0.644. The molecule has 5 rings (SSSR count). The number of nitrogens with one attached hydrogen (secondary N) is 1. The van der Waals surface area contributed by atoms with E-state index in [1.807, 2.05) is 31.2 Å². The summed E-state index contributed by atoms with van der Waals surface area (Å²) in [7, 11) is 1.48. The first-order valence-corrected chi connectivity index (χ1v) is 13.7. The van der Waals surface area contributed by atoms with E-state index >= 15 is 0 Å². The molecule has 204 valence electrons. The Balaban J connectivity index is 1.57. The lowest BCUT2D eigenvalue weighted by molar-refractivity contribution is -0.144. The monoisotopic (exact) mass is 549 g/mol. The van der Waals surface area contributed by atoms with Crippen molar-refractivity contribution in [3.8, 4) is 11.5 Å². The molecular formula is C31H32ClNO6. The molecule has 0 bridgehead atoms. The Hall–Kier alpha value is -3.58. The average Bonchev–Trinajstić information content (AvgIpc) is 3.41. The number of esters is 2. The molecule has 1 N–H and O–H groups in total. The van der Waals surface area contributed by atoms with Crippen LogP contribution in [0.4, 0.5) is 0 Å². The van der Waals surface area contributed by atoms with Gasteiger partial charge in [-0.25, -0.2) is 4.79 Å². The second-order valence-electron chi connectivity index (χ2n) is 10.4. The lowest BCUT2D eigenvalue weighted by Crippen LogP contribution is -2.36. The molecule has 7 nitrogen and oxygen atoms in total. The first-order chi connectivity index (χ1) is 18.7. The van der Waals surface area contributed by atoms with E-state index in [0.717, 1.165) is 36.9 Å². The highest BCUT2D eigenvalue weighted by molar-refractivity contribution is 6.30. The van der Waals surface area contributed by atoms with Crippen LogP contribution >= 0.6 is 11.6 Å². The minimum Gasteiger partial charge on any atom is -0.493 e. The molecule has 0 aromatic heterocycles. The Kier molecular flexibility index (Phi) is 7.80. The van der Waals surface area contributed by atoms with Crippen LogP contribution in [0.1, 0.15) is 75.3 Å². The fraction of sp³-hybridized carbons (Fsp3) is 0.387. The van der Waals surface area contributed by atoms with Crippen molar-refractivity contribution >= 4 is 29.3 Å². The van der Waals surface area contributed by atoms with Crippen molar-refractivity contribution in [2.75, 3.05) is 7.11 Å². The largest absolute Gasteiger partial charge is 0.493 e. The molecule has 0 amide bonds. The number of allylic oxidation sites excluding steroid dienone is 3. The quantitative estimate of drug-likeness (QED) is 0.343. The molecule has 2 aromatic carbocycles. The van der Waals surface area contributed by atoms with Crippen LogP contribution in [-0.4, -0.2) is 30.9 Å². The molecule has 0 spiro atoms. The van der Waals surface area contributed by atoms with Crippen molar-refractivity contribution in [3.63, 3.8) is 0 Å². The summed E-state index contributed by atoms with van der Waals surface area (Å²) < 4.78 is 16.8. The third kappa shape index (κ3) is 5.59. The highest BCUT2D eigenvalue weighted by Gasteiger charge is 2.42. The van der Waals surface area contributed by atoms with Crippen LogP contribution in [0.3, 0.4) is 0 Å². The molecule has 2 aliphatic carbocycles. The number of carbonyl (C=O) groups excluding carboxylic acids is 3. The molecule has 1 saturated carbocycles. The van der Waals surface area contributed by atoms with E-state index in [1.165, 1.54) is 14.0 Å². The standard InChI is InChI=1S/C31H32ClNO6/c1-17-28(31(36)39-23-6-4-5-7-23)29(20-10-13-26(38-18(2)34)27(16-20)37-3)30-24(33-17)14-21(15-25(30)35)19-8-11-22(32)12-9-19/h8-13,16,21,23,29,33H,4-7,14-15H2,1-3H3. The molecule has 3 aliphatic rings. The summed E-state index contributed by atoms with van der Waals surface area (Å²) in [5.74, 6) is -0.969. The van der Waals surface area contributed by atoms with E-state index in [0.29, 0.717) is 46.0 Å². The maximum Gasteiger partial charge on any atom is 0.337 e. The molecule has 39 heavy (non-hydrogen) atoms. The van der Waals surface area contributed by atoms with Gasteiger partial charge in [0.2, 0.25) is 0 Å². The van der Waals surface area contributed by atoms with Crippen LogP contribution in [0.5, 0.6) is 11.5 Å². The molecular weight excluding hydrogens is 518 g/mol. The Labute approximate surface area is 233 Å². The van der Waals surface area contributed by atoms with Crippen molar-refractivity contribution < 1.29 is 28.6 Å². The second-order valence-corrected chi connectivity index (χ2v) is 10.8. The molecule has 0 saturated heterocycles. The highest BCUT2D eigenvalue weighted by Crippen LogP contribution is 2.47. The molecule has 8 heteroatoms. The van der Waals surface area contributed by atoms with E-state index in [2.05, 4.69) is 5.32 Å². The summed E-state index contributed by atoms with van der Waals surface area (Å²) in [6.07, 6.45) is 4.56. The summed E-state index contributed by atoms with van der Waals surface area (Å²) >= 11 is 6.09. The number of benzene rings is 2. The Bertz CT molecular complexity index is 1370. The Morgan fingerprint density at radius 2 is 1.67 bits per heavy atom. The molecule has 1 aliphatic heterocycles. The fourth-order valence-corrected chi connectivity index (χ4v) is 6.06. The minimum absolute atomic E-state index is 0.0117. The molecule has 2 atom stereocenters. The van der Waals surface area contributed by atoms with Crippen LogP contribution in [0.25, 0.3) is 0 Å². The lowest BCUT2D eigenvalue weighted by atomic mass is 9.71. The van der Waals surface area contributed by atoms with E-state index in [1.54, 1.807) is 18.2 Å². The number of ketones is 1. The maximum atomic E-state index is 13.8. The number of halogens is 1. The topological polar surface area (TPSA) is 90.9 Å². The summed E-state index contributed by atoms with van der Waals surface area (Å²) in [5, 5.41) is 4.04. The predicted octanol–water partition coefficient (Wildman–Crippen LogP) is 6.12. The van der Waals surface area contributed by atoms with Gasteiger partial charge in [-0.1, -0.05) is 29.8 Å². The highest BCUT2D eigenvalue weighted by atomic mass is 35.5. The van der Waals surface area contributed by atoms with E-state index in [-0.39, 0.29) is 23.6 Å². The number of hydrogen-bond donors (Lipinski definition) is 1. The Morgan fingerprint density at radius 1 is 0.974 bits per heavy atom. The molecule has 2 unspecified atom stereocenters. The number of ether oxygens (including phenoxy) is 3. The van der Waals surface area contributed by atoms with Gasteiger partial charge >= 0.3 is 11.9 Å². The molecule has 1 heterocycles. The smallest absolute Gasteiger partial charge is 0.337 e. The summed E-state index contributed by atoms with van der Waals surface area (Å²) in [4.78, 5) is 39.1. The number of dihydropyridines is 1. The van der Waals surface area contributed by atoms with Crippen molar-refractivity contribution in [1.82, 2.24) is 5.32 Å². The molecule has 2 aromatic rings. The zero-order valence-electron chi connectivity index (χ0n) is 22.3. The van der Waals surface area contributed by atoms with Gasteiger partial charge in [0.05, 0.1) is 12.7 Å². The number of Topliss-reactive ketones (excluding diaryl/α,β-unsaturated/α-hetero) is 1. The Morgan fingerprint density at radius 3 is 2.33 bits per heavy atom. The number of hydrogen-bond acceptors (Lipinski definition) is 7. The molecule has 1 fully saturated rings. The van der Waals surface area contributed by atoms with Gasteiger partial charge < -0.3 is 19.5 Å². The van der Waals surface area contributed by atoms with Crippen molar-refractivity contribution in [1.29, 1.82) is 0 Å². The van der Waals surface area contributed by atoms with Gasteiger partial charge in [-0.05, 0) is 80.3 Å². The third-order valence-corrected chi connectivity index (χ3v) is 7.99. The maximum absolute atomic E-state index is 13.8. The lowest BCUT2D eigenvalue weighted by Gasteiger charge is -2.37. The van der Waals surface area contributed by atoms with Crippen LogP contribution in [0.2, 0.25) is 5.02 Å². The van der Waals surface area contributed by atoms with Gasteiger partial charge in [0.25, 0.3) is 0 Å². The van der Waals surface area contributed by atoms with Crippen molar-refractivity contribution in [2.24, 2.45) is 0 Å².